The first-order chi connectivity index (χ1) is 14.8. The van der Waals surface area contributed by atoms with Crippen molar-refractivity contribution in [3.8, 4) is 0 Å². The van der Waals surface area contributed by atoms with Gasteiger partial charge in [-0.3, -0.25) is 4.79 Å². The van der Waals surface area contributed by atoms with Crippen LogP contribution in [0.5, 0.6) is 0 Å². The van der Waals surface area contributed by atoms with Crippen LogP contribution in [0.4, 0.5) is 0 Å². The summed E-state index contributed by atoms with van der Waals surface area (Å²) >= 11 is 0. The van der Waals surface area contributed by atoms with E-state index in [1.54, 1.807) is 35.2 Å². The number of rotatable bonds is 6. The van der Waals surface area contributed by atoms with Crippen LogP contribution in [-0.2, 0) is 16.6 Å². The SMILES string of the molecule is CCNC(=NCc1ccccc1S(=O)(=O)N(C)C)N1CCN(C(=O)c2ccco2)CC1. The van der Waals surface area contributed by atoms with Crippen LogP contribution in [0.3, 0.4) is 0 Å². The van der Waals surface area contributed by atoms with Gasteiger partial charge in [-0.1, -0.05) is 18.2 Å². The van der Waals surface area contributed by atoms with E-state index in [-0.39, 0.29) is 17.3 Å². The fraction of sp³-hybridized carbons (Fsp3) is 0.429. The van der Waals surface area contributed by atoms with Crippen molar-refractivity contribution in [1.82, 2.24) is 19.4 Å². The van der Waals surface area contributed by atoms with E-state index in [0.717, 1.165) is 0 Å². The topological polar surface area (TPSA) is 98.5 Å². The molecule has 0 radical (unpaired) electrons. The number of benzene rings is 1. The van der Waals surface area contributed by atoms with Gasteiger partial charge in [0.1, 0.15) is 0 Å². The van der Waals surface area contributed by atoms with E-state index in [9.17, 15) is 13.2 Å². The molecule has 9 nitrogen and oxygen atoms in total. The van der Waals surface area contributed by atoms with Crippen molar-refractivity contribution < 1.29 is 17.6 Å². The van der Waals surface area contributed by atoms with Gasteiger partial charge in [0.25, 0.3) is 5.91 Å². The maximum atomic E-state index is 12.6. The average molecular weight is 448 g/mol. The number of guanidine groups is 1. The number of hydrogen-bond acceptors (Lipinski definition) is 5. The molecule has 1 fully saturated rings. The second-order valence-electron chi connectivity index (χ2n) is 7.32. The van der Waals surface area contributed by atoms with Crippen LogP contribution in [-0.4, -0.2) is 81.2 Å². The summed E-state index contributed by atoms with van der Waals surface area (Å²) in [5, 5.41) is 3.27. The quantitative estimate of drug-likeness (QED) is 0.532. The standard InChI is InChI=1S/C21H29N5O4S/c1-4-22-21(23-16-17-8-5-6-10-19(17)31(28,29)24(2)3)26-13-11-25(12-14-26)20(27)18-9-7-15-30-18/h5-10,15H,4,11-14,16H2,1-3H3,(H,22,23). The van der Waals surface area contributed by atoms with E-state index < -0.39 is 10.0 Å². The minimum Gasteiger partial charge on any atom is -0.459 e. The minimum absolute atomic E-state index is 0.116. The minimum atomic E-state index is -3.55. The molecule has 31 heavy (non-hydrogen) atoms. The van der Waals surface area contributed by atoms with Crippen molar-refractivity contribution >= 4 is 21.9 Å². The number of hydrogen-bond donors (Lipinski definition) is 1. The van der Waals surface area contributed by atoms with E-state index in [4.69, 9.17) is 4.42 Å². The summed E-state index contributed by atoms with van der Waals surface area (Å²) < 4.78 is 31.7. The van der Waals surface area contributed by atoms with Crippen molar-refractivity contribution in [1.29, 1.82) is 0 Å². The lowest BCUT2D eigenvalue weighted by atomic mass is 10.2. The Kier molecular flexibility index (Phi) is 7.34. The lowest BCUT2D eigenvalue weighted by Crippen LogP contribution is -2.53. The number of furan rings is 1. The predicted molar refractivity (Wildman–Crippen MR) is 118 cm³/mol. The number of carbonyl (C=O) groups excluding carboxylic acids is 1. The first-order valence-electron chi connectivity index (χ1n) is 10.2. The highest BCUT2D eigenvalue weighted by Gasteiger charge is 2.25. The fourth-order valence-corrected chi connectivity index (χ4v) is 4.45. The second kappa shape index (κ2) is 9.97. The third-order valence-corrected chi connectivity index (χ3v) is 6.98. The second-order valence-corrected chi connectivity index (χ2v) is 9.44. The smallest absolute Gasteiger partial charge is 0.289 e. The van der Waals surface area contributed by atoms with E-state index >= 15 is 0 Å². The van der Waals surface area contributed by atoms with Crippen LogP contribution >= 0.6 is 0 Å². The normalized spacial score (nSPS) is 15.4. The molecular weight excluding hydrogens is 418 g/mol. The van der Waals surface area contributed by atoms with Gasteiger partial charge in [0.2, 0.25) is 10.0 Å². The fourth-order valence-electron chi connectivity index (χ4n) is 3.35. The molecule has 0 atom stereocenters. The van der Waals surface area contributed by atoms with Crippen molar-refractivity contribution in [3.63, 3.8) is 0 Å². The monoisotopic (exact) mass is 447 g/mol. The van der Waals surface area contributed by atoms with Gasteiger partial charge in [0, 0.05) is 46.8 Å². The Bertz CT molecular complexity index is 1010. The van der Waals surface area contributed by atoms with Crippen LogP contribution in [0, 0.1) is 0 Å². The molecule has 2 aromatic rings. The Hall–Kier alpha value is -2.85. The van der Waals surface area contributed by atoms with Crippen LogP contribution in [0.2, 0.25) is 0 Å². The molecule has 1 aromatic carbocycles. The van der Waals surface area contributed by atoms with Gasteiger partial charge in [-0.15, -0.1) is 0 Å². The molecule has 0 bridgehead atoms. The van der Waals surface area contributed by atoms with E-state index in [1.165, 1.54) is 24.7 Å². The maximum Gasteiger partial charge on any atom is 0.289 e. The van der Waals surface area contributed by atoms with Crippen molar-refractivity contribution in [2.24, 2.45) is 4.99 Å². The van der Waals surface area contributed by atoms with E-state index in [2.05, 4.69) is 15.2 Å². The Labute approximate surface area is 183 Å². The number of carbonyl (C=O) groups is 1. The van der Waals surface area contributed by atoms with Crippen LogP contribution in [0.15, 0.2) is 57.0 Å². The molecule has 168 valence electrons. The molecule has 0 aliphatic carbocycles. The molecule has 2 heterocycles. The van der Waals surface area contributed by atoms with Crippen LogP contribution in [0.25, 0.3) is 0 Å². The summed E-state index contributed by atoms with van der Waals surface area (Å²) in [6.45, 7) is 5.24. The summed E-state index contributed by atoms with van der Waals surface area (Å²) in [4.78, 5) is 21.3. The van der Waals surface area contributed by atoms with Crippen molar-refractivity contribution in [2.75, 3.05) is 46.8 Å². The van der Waals surface area contributed by atoms with Gasteiger partial charge >= 0.3 is 0 Å². The largest absolute Gasteiger partial charge is 0.459 e. The molecule has 10 heteroatoms. The number of piperazine rings is 1. The number of nitrogens with one attached hydrogen (secondary N) is 1. The molecule has 1 N–H and O–H groups in total. The molecule has 0 spiro atoms. The van der Waals surface area contributed by atoms with Gasteiger partial charge in [-0.05, 0) is 30.7 Å². The summed E-state index contributed by atoms with van der Waals surface area (Å²) in [6, 6.07) is 10.3. The number of sulfonamides is 1. The third-order valence-electron chi connectivity index (χ3n) is 5.06. The zero-order chi connectivity index (χ0) is 22.4. The highest BCUT2D eigenvalue weighted by Crippen LogP contribution is 2.19. The third kappa shape index (κ3) is 5.26. The molecule has 0 saturated carbocycles. The molecule has 1 aliphatic heterocycles. The average Bonchev–Trinajstić information content (AvgIpc) is 3.31. The highest BCUT2D eigenvalue weighted by atomic mass is 32.2. The molecule has 3 rings (SSSR count). The first kappa shape index (κ1) is 22.8. The Morgan fingerprint density at radius 2 is 1.77 bits per heavy atom. The molecule has 1 aromatic heterocycles. The lowest BCUT2D eigenvalue weighted by molar-refractivity contribution is 0.0657. The Balaban J connectivity index is 1.72. The van der Waals surface area contributed by atoms with Gasteiger partial charge < -0.3 is 19.5 Å². The van der Waals surface area contributed by atoms with Gasteiger partial charge in [-0.25, -0.2) is 17.7 Å². The van der Waals surface area contributed by atoms with E-state index in [0.29, 0.717) is 50.0 Å². The van der Waals surface area contributed by atoms with Crippen molar-refractivity contribution in [3.05, 3.63) is 54.0 Å². The van der Waals surface area contributed by atoms with Crippen LogP contribution in [0.1, 0.15) is 23.0 Å². The number of amides is 1. The Morgan fingerprint density at radius 3 is 2.39 bits per heavy atom. The zero-order valence-electron chi connectivity index (χ0n) is 18.1. The molecule has 1 saturated heterocycles. The summed E-state index contributed by atoms with van der Waals surface area (Å²) in [7, 11) is -0.520. The van der Waals surface area contributed by atoms with Gasteiger partial charge in [0.05, 0.1) is 17.7 Å². The molecule has 1 aliphatic rings. The molecular formula is C21H29N5O4S. The van der Waals surface area contributed by atoms with Crippen molar-refractivity contribution in [2.45, 2.75) is 18.4 Å². The Morgan fingerprint density at radius 1 is 1.10 bits per heavy atom. The highest BCUT2D eigenvalue weighted by molar-refractivity contribution is 7.89. The lowest BCUT2D eigenvalue weighted by Gasteiger charge is -2.36. The molecule has 1 amide bonds. The van der Waals surface area contributed by atoms with E-state index in [1.807, 2.05) is 13.0 Å². The maximum absolute atomic E-state index is 12.6. The summed E-state index contributed by atoms with van der Waals surface area (Å²) in [5.74, 6) is 0.923. The summed E-state index contributed by atoms with van der Waals surface area (Å²) in [5.41, 5.74) is 0.637. The first-order valence-corrected chi connectivity index (χ1v) is 11.6. The van der Waals surface area contributed by atoms with Gasteiger partial charge in [0.15, 0.2) is 11.7 Å². The number of nitrogens with zero attached hydrogens (tertiary/aromatic N) is 4. The van der Waals surface area contributed by atoms with Gasteiger partial charge in [-0.2, -0.15) is 0 Å². The van der Waals surface area contributed by atoms with Crippen LogP contribution < -0.4 is 5.32 Å². The zero-order valence-corrected chi connectivity index (χ0v) is 18.9. The number of aliphatic imine (C=N–C) groups is 1. The summed E-state index contributed by atoms with van der Waals surface area (Å²) in [6.07, 6.45) is 1.49. The predicted octanol–water partition coefficient (Wildman–Crippen LogP) is 1.45. The molecule has 0 unspecified atom stereocenters.